The molecule has 0 aliphatic carbocycles. The SMILES string of the molecule is Cc1cc(N)cc(S(=O)(=O)N(C)C(C)c2cccs2)c1C. The van der Waals surface area contributed by atoms with E-state index in [-0.39, 0.29) is 10.9 Å². The van der Waals surface area contributed by atoms with Crippen LogP contribution in [0, 0.1) is 13.8 Å². The second-order valence-corrected chi connectivity index (χ2v) is 8.12. The number of nitrogens with zero attached hydrogens (tertiary/aromatic N) is 1. The van der Waals surface area contributed by atoms with E-state index in [0.717, 1.165) is 16.0 Å². The largest absolute Gasteiger partial charge is 0.399 e. The molecule has 1 heterocycles. The summed E-state index contributed by atoms with van der Waals surface area (Å²) >= 11 is 1.55. The second-order valence-electron chi connectivity index (χ2n) is 5.17. The number of nitrogen functional groups attached to an aromatic ring is 1. The average Bonchev–Trinajstić information content (AvgIpc) is 2.94. The predicted molar refractivity (Wildman–Crippen MR) is 88.0 cm³/mol. The number of aryl methyl sites for hydroxylation is 1. The van der Waals surface area contributed by atoms with Gasteiger partial charge >= 0.3 is 0 Å². The summed E-state index contributed by atoms with van der Waals surface area (Å²) in [5.74, 6) is 0. The summed E-state index contributed by atoms with van der Waals surface area (Å²) in [5, 5.41) is 1.95. The maximum Gasteiger partial charge on any atom is 0.243 e. The van der Waals surface area contributed by atoms with E-state index < -0.39 is 10.0 Å². The Balaban J connectivity index is 2.47. The first kappa shape index (κ1) is 16.0. The molecule has 4 nitrogen and oxygen atoms in total. The highest BCUT2D eigenvalue weighted by atomic mass is 32.2. The van der Waals surface area contributed by atoms with Gasteiger partial charge in [-0.05, 0) is 55.5 Å². The molecule has 1 aromatic carbocycles. The fourth-order valence-electron chi connectivity index (χ4n) is 2.19. The molecule has 0 saturated carbocycles. The molecule has 114 valence electrons. The Morgan fingerprint density at radius 2 is 1.95 bits per heavy atom. The van der Waals surface area contributed by atoms with Gasteiger partial charge in [-0.25, -0.2) is 8.42 Å². The molecule has 0 bridgehead atoms. The van der Waals surface area contributed by atoms with Crippen LogP contribution in [0.5, 0.6) is 0 Å². The van der Waals surface area contributed by atoms with Crippen LogP contribution >= 0.6 is 11.3 Å². The van der Waals surface area contributed by atoms with Crippen LogP contribution in [-0.4, -0.2) is 19.8 Å². The van der Waals surface area contributed by atoms with Gasteiger partial charge in [0.25, 0.3) is 0 Å². The van der Waals surface area contributed by atoms with Gasteiger partial charge in [-0.1, -0.05) is 6.07 Å². The Morgan fingerprint density at radius 3 is 2.52 bits per heavy atom. The van der Waals surface area contributed by atoms with Crippen molar-refractivity contribution in [2.24, 2.45) is 0 Å². The first-order valence-corrected chi connectivity index (χ1v) is 8.95. The highest BCUT2D eigenvalue weighted by Crippen LogP contribution is 2.31. The molecule has 1 atom stereocenters. The van der Waals surface area contributed by atoms with Crippen LogP contribution in [0.3, 0.4) is 0 Å². The molecule has 6 heteroatoms. The van der Waals surface area contributed by atoms with Gasteiger partial charge in [0.1, 0.15) is 0 Å². The summed E-state index contributed by atoms with van der Waals surface area (Å²) in [6.45, 7) is 5.57. The lowest BCUT2D eigenvalue weighted by Crippen LogP contribution is -2.30. The molecule has 2 aromatic rings. The zero-order valence-electron chi connectivity index (χ0n) is 12.6. The lowest BCUT2D eigenvalue weighted by atomic mass is 10.1. The summed E-state index contributed by atoms with van der Waals surface area (Å²) in [5.41, 5.74) is 7.91. The normalized spacial score (nSPS) is 13.6. The van der Waals surface area contributed by atoms with Crippen LogP contribution < -0.4 is 5.73 Å². The molecule has 0 spiro atoms. The number of hydrogen-bond donors (Lipinski definition) is 1. The smallest absolute Gasteiger partial charge is 0.243 e. The molecule has 0 fully saturated rings. The zero-order chi connectivity index (χ0) is 15.8. The van der Waals surface area contributed by atoms with Crippen LogP contribution in [0.1, 0.15) is 29.0 Å². The third-order valence-corrected chi connectivity index (χ3v) is 6.90. The van der Waals surface area contributed by atoms with E-state index in [1.807, 2.05) is 38.3 Å². The summed E-state index contributed by atoms with van der Waals surface area (Å²) in [6, 6.07) is 6.98. The predicted octanol–water partition coefficient (Wildman–Crippen LogP) is 3.33. The highest BCUT2D eigenvalue weighted by molar-refractivity contribution is 7.89. The molecule has 0 radical (unpaired) electrons. The van der Waals surface area contributed by atoms with Crippen LogP contribution in [0.4, 0.5) is 5.69 Å². The Labute approximate surface area is 130 Å². The molecule has 0 aliphatic rings. The van der Waals surface area contributed by atoms with Crippen molar-refractivity contribution in [3.05, 3.63) is 45.6 Å². The number of thiophene rings is 1. The van der Waals surface area contributed by atoms with Crippen molar-refractivity contribution >= 4 is 27.0 Å². The van der Waals surface area contributed by atoms with Crippen molar-refractivity contribution in [1.29, 1.82) is 0 Å². The zero-order valence-corrected chi connectivity index (χ0v) is 14.3. The van der Waals surface area contributed by atoms with Gasteiger partial charge in [-0.15, -0.1) is 11.3 Å². The number of anilines is 1. The van der Waals surface area contributed by atoms with E-state index in [4.69, 9.17) is 5.73 Å². The van der Waals surface area contributed by atoms with Gasteiger partial charge in [0.2, 0.25) is 10.0 Å². The van der Waals surface area contributed by atoms with Gasteiger partial charge in [0.05, 0.1) is 10.9 Å². The van der Waals surface area contributed by atoms with Crippen molar-refractivity contribution in [2.45, 2.75) is 31.7 Å². The molecule has 1 unspecified atom stereocenters. The molecule has 0 saturated heterocycles. The van der Waals surface area contributed by atoms with Crippen molar-refractivity contribution < 1.29 is 8.42 Å². The van der Waals surface area contributed by atoms with Gasteiger partial charge in [0.15, 0.2) is 0 Å². The standard InChI is InChI=1S/C15H20N2O2S2/c1-10-8-13(16)9-15(11(10)2)21(18,19)17(4)12(3)14-6-5-7-20-14/h5-9,12H,16H2,1-4H3. The van der Waals surface area contributed by atoms with Crippen molar-refractivity contribution in [3.8, 4) is 0 Å². The van der Waals surface area contributed by atoms with E-state index in [1.54, 1.807) is 24.5 Å². The van der Waals surface area contributed by atoms with Crippen LogP contribution in [0.15, 0.2) is 34.5 Å². The Hall–Kier alpha value is -1.37. The second kappa shape index (κ2) is 5.79. The van der Waals surface area contributed by atoms with Gasteiger partial charge in [0, 0.05) is 17.6 Å². The van der Waals surface area contributed by atoms with E-state index in [9.17, 15) is 8.42 Å². The van der Waals surface area contributed by atoms with Crippen molar-refractivity contribution in [3.63, 3.8) is 0 Å². The first-order chi connectivity index (χ1) is 9.75. The summed E-state index contributed by atoms with van der Waals surface area (Å²) in [6.07, 6.45) is 0. The summed E-state index contributed by atoms with van der Waals surface area (Å²) in [4.78, 5) is 1.30. The minimum Gasteiger partial charge on any atom is -0.399 e. The molecule has 2 rings (SSSR count). The quantitative estimate of drug-likeness (QED) is 0.877. The minimum absolute atomic E-state index is 0.212. The maximum absolute atomic E-state index is 12.9. The number of nitrogens with two attached hydrogens (primary N) is 1. The molecule has 1 aromatic heterocycles. The third kappa shape index (κ3) is 2.97. The van der Waals surface area contributed by atoms with Gasteiger partial charge in [-0.2, -0.15) is 4.31 Å². The monoisotopic (exact) mass is 324 g/mol. The number of benzene rings is 1. The van der Waals surface area contributed by atoms with E-state index in [1.165, 1.54) is 10.4 Å². The maximum atomic E-state index is 12.9. The number of rotatable bonds is 4. The minimum atomic E-state index is -3.58. The van der Waals surface area contributed by atoms with Crippen LogP contribution in [0.2, 0.25) is 0 Å². The molecular weight excluding hydrogens is 304 g/mol. The van der Waals surface area contributed by atoms with Crippen LogP contribution in [0.25, 0.3) is 0 Å². The Morgan fingerprint density at radius 1 is 1.29 bits per heavy atom. The lowest BCUT2D eigenvalue weighted by molar-refractivity contribution is 0.402. The van der Waals surface area contributed by atoms with Crippen molar-refractivity contribution in [2.75, 3.05) is 12.8 Å². The highest BCUT2D eigenvalue weighted by Gasteiger charge is 2.28. The summed E-state index contributed by atoms with van der Waals surface area (Å²) < 4.78 is 27.1. The molecule has 0 amide bonds. The average molecular weight is 324 g/mol. The first-order valence-electron chi connectivity index (χ1n) is 6.63. The molecule has 21 heavy (non-hydrogen) atoms. The Bertz CT molecular complexity index is 737. The topological polar surface area (TPSA) is 63.4 Å². The Kier molecular flexibility index (Phi) is 4.41. The fourth-order valence-corrected chi connectivity index (χ4v) is 4.76. The molecular formula is C15H20N2O2S2. The van der Waals surface area contributed by atoms with E-state index in [2.05, 4.69) is 0 Å². The number of sulfonamides is 1. The molecule has 0 aliphatic heterocycles. The summed E-state index contributed by atoms with van der Waals surface area (Å²) in [7, 11) is -1.97. The fraction of sp³-hybridized carbons (Fsp3) is 0.333. The van der Waals surface area contributed by atoms with E-state index in [0.29, 0.717) is 5.69 Å². The third-order valence-electron chi connectivity index (χ3n) is 3.80. The molecule has 2 N–H and O–H groups in total. The van der Waals surface area contributed by atoms with Gasteiger partial charge < -0.3 is 5.73 Å². The van der Waals surface area contributed by atoms with E-state index >= 15 is 0 Å². The lowest BCUT2D eigenvalue weighted by Gasteiger charge is -2.25. The van der Waals surface area contributed by atoms with Crippen LogP contribution in [-0.2, 0) is 10.0 Å². The van der Waals surface area contributed by atoms with Gasteiger partial charge in [-0.3, -0.25) is 0 Å². The van der Waals surface area contributed by atoms with Crippen molar-refractivity contribution in [1.82, 2.24) is 4.31 Å². The number of hydrogen-bond acceptors (Lipinski definition) is 4.